The summed E-state index contributed by atoms with van der Waals surface area (Å²) in [5, 5.41) is 9.05. The quantitative estimate of drug-likeness (QED) is 0.825. The molecule has 0 fully saturated rings. The van der Waals surface area contributed by atoms with Crippen LogP contribution in [0.25, 0.3) is 11.3 Å². The van der Waals surface area contributed by atoms with Crippen molar-refractivity contribution in [1.82, 2.24) is 14.5 Å². The number of hydrogen-bond donors (Lipinski definition) is 1. The van der Waals surface area contributed by atoms with Crippen LogP contribution in [0.4, 0.5) is 4.79 Å². The number of rotatable bonds is 3. The van der Waals surface area contributed by atoms with Gasteiger partial charge in [0.2, 0.25) is 0 Å². The predicted octanol–water partition coefficient (Wildman–Crippen LogP) is 3.36. The van der Waals surface area contributed by atoms with Crippen molar-refractivity contribution in [3.63, 3.8) is 0 Å². The number of imidazole rings is 1. The maximum absolute atomic E-state index is 11.0. The Kier molecular flexibility index (Phi) is 4.32. The summed E-state index contributed by atoms with van der Waals surface area (Å²) < 4.78 is 3.04. The van der Waals surface area contributed by atoms with Crippen LogP contribution in [-0.2, 0) is 7.05 Å². The van der Waals surface area contributed by atoms with Gasteiger partial charge in [-0.05, 0) is 41.6 Å². The van der Waals surface area contributed by atoms with Crippen LogP contribution < -0.4 is 0 Å². The molecule has 1 aromatic heterocycles. The third-order valence-electron chi connectivity index (χ3n) is 3.31. The van der Waals surface area contributed by atoms with E-state index in [1.54, 1.807) is 7.05 Å². The molecular weight excluding hydrogens is 369 g/mol. The van der Waals surface area contributed by atoms with Gasteiger partial charge in [0.05, 0.1) is 11.7 Å². The molecule has 0 spiro atoms. The first kappa shape index (κ1) is 14.8. The monoisotopic (exact) mass is 385 g/mol. The minimum atomic E-state index is -0.962. The number of aromatic nitrogens is 2. The number of nitrogens with zero attached hydrogens (tertiary/aromatic N) is 3. The number of aryl methyl sites for hydroxylation is 1. The van der Waals surface area contributed by atoms with Gasteiger partial charge in [0.1, 0.15) is 5.82 Å². The minimum Gasteiger partial charge on any atom is -0.465 e. The number of carboxylic acid groups (broad SMARTS) is 1. The van der Waals surface area contributed by atoms with Crippen LogP contribution in [0.15, 0.2) is 30.5 Å². The summed E-state index contributed by atoms with van der Waals surface area (Å²) in [4.78, 5) is 16.8. The van der Waals surface area contributed by atoms with Crippen LogP contribution in [0.3, 0.4) is 0 Å². The highest BCUT2D eigenvalue weighted by Crippen LogP contribution is 2.24. The number of benzene rings is 1. The molecule has 0 bridgehead atoms. The third kappa shape index (κ3) is 2.95. The molecule has 0 aliphatic rings. The fraction of sp³-hybridized carbons (Fsp3) is 0.286. The van der Waals surface area contributed by atoms with Crippen molar-refractivity contribution in [1.29, 1.82) is 0 Å². The number of amides is 1. The van der Waals surface area contributed by atoms with Gasteiger partial charge < -0.3 is 14.6 Å². The highest BCUT2D eigenvalue weighted by atomic mass is 127. The molecule has 1 heterocycles. The van der Waals surface area contributed by atoms with E-state index in [9.17, 15) is 4.79 Å². The topological polar surface area (TPSA) is 58.4 Å². The molecule has 1 aromatic carbocycles. The Morgan fingerprint density at radius 1 is 1.40 bits per heavy atom. The lowest BCUT2D eigenvalue weighted by Gasteiger charge is -2.21. The Labute approximate surface area is 131 Å². The number of halogens is 1. The summed E-state index contributed by atoms with van der Waals surface area (Å²) in [5.74, 6) is 0.725. The van der Waals surface area contributed by atoms with E-state index < -0.39 is 6.09 Å². The van der Waals surface area contributed by atoms with Crippen LogP contribution in [0, 0.1) is 3.57 Å². The largest absolute Gasteiger partial charge is 0.465 e. The van der Waals surface area contributed by atoms with Crippen LogP contribution >= 0.6 is 22.6 Å². The minimum absolute atomic E-state index is 0.296. The van der Waals surface area contributed by atoms with E-state index in [1.807, 2.05) is 49.0 Å². The summed E-state index contributed by atoms with van der Waals surface area (Å²) in [6.07, 6.45) is 0.959. The molecule has 0 radical (unpaired) electrons. The van der Waals surface area contributed by atoms with E-state index in [0.29, 0.717) is 0 Å². The van der Waals surface area contributed by atoms with Crippen molar-refractivity contribution < 1.29 is 9.90 Å². The zero-order chi connectivity index (χ0) is 14.9. The molecule has 2 rings (SSSR count). The maximum Gasteiger partial charge on any atom is 0.407 e. The molecule has 106 valence electrons. The van der Waals surface area contributed by atoms with E-state index in [4.69, 9.17) is 5.11 Å². The first-order valence-electron chi connectivity index (χ1n) is 6.15. The molecule has 1 amide bonds. The predicted molar refractivity (Wildman–Crippen MR) is 85.6 cm³/mol. The van der Waals surface area contributed by atoms with Crippen molar-refractivity contribution in [3.8, 4) is 11.3 Å². The zero-order valence-corrected chi connectivity index (χ0v) is 13.7. The SMILES string of the molecule is CC(c1nc(-c2ccc(I)cc2)cn1C)N(C)C(=O)O. The highest BCUT2D eigenvalue weighted by Gasteiger charge is 2.21. The Morgan fingerprint density at radius 3 is 2.55 bits per heavy atom. The van der Waals surface area contributed by atoms with Crippen molar-refractivity contribution in [2.45, 2.75) is 13.0 Å². The van der Waals surface area contributed by atoms with Gasteiger partial charge in [0.15, 0.2) is 0 Å². The van der Waals surface area contributed by atoms with E-state index in [-0.39, 0.29) is 6.04 Å². The normalized spacial score (nSPS) is 12.2. The average Bonchev–Trinajstić information content (AvgIpc) is 2.79. The smallest absolute Gasteiger partial charge is 0.407 e. The van der Waals surface area contributed by atoms with Gasteiger partial charge in [0.25, 0.3) is 0 Å². The second-order valence-electron chi connectivity index (χ2n) is 4.67. The summed E-state index contributed by atoms with van der Waals surface area (Å²) in [5.41, 5.74) is 1.88. The molecule has 2 aromatic rings. The van der Waals surface area contributed by atoms with Gasteiger partial charge in [-0.2, -0.15) is 0 Å². The van der Waals surface area contributed by atoms with Gasteiger partial charge in [-0.3, -0.25) is 0 Å². The first-order valence-corrected chi connectivity index (χ1v) is 7.23. The molecule has 0 saturated heterocycles. The number of carbonyl (C=O) groups is 1. The van der Waals surface area contributed by atoms with Crippen LogP contribution in [0.1, 0.15) is 18.8 Å². The van der Waals surface area contributed by atoms with Gasteiger partial charge in [-0.1, -0.05) is 12.1 Å². The summed E-state index contributed by atoms with van der Waals surface area (Å²) in [7, 11) is 3.43. The van der Waals surface area contributed by atoms with E-state index in [1.165, 1.54) is 8.47 Å². The number of hydrogen-bond acceptors (Lipinski definition) is 2. The average molecular weight is 385 g/mol. The standard InChI is InChI=1S/C14H16IN3O2/c1-9(18(3)14(19)20)13-16-12(8-17(13)2)10-4-6-11(15)7-5-10/h4-9H,1-3H3,(H,19,20). The van der Waals surface area contributed by atoms with Crippen LogP contribution in [0.2, 0.25) is 0 Å². The van der Waals surface area contributed by atoms with Crippen molar-refractivity contribution >= 4 is 28.7 Å². The molecule has 5 nitrogen and oxygen atoms in total. The fourth-order valence-electron chi connectivity index (χ4n) is 1.97. The molecule has 0 saturated carbocycles. The van der Waals surface area contributed by atoms with Gasteiger partial charge in [-0.25, -0.2) is 9.78 Å². The molecule has 1 N–H and O–H groups in total. The lowest BCUT2D eigenvalue weighted by atomic mass is 10.2. The van der Waals surface area contributed by atoms with Gasteiger partial charge >= 0.3 is 6.09 Å². The molecule has 1 atom stereocenters. The molecule has 20 heavy (non-hydrogen) atoms. The summed E-state index contributed by atoms with van der Waals surface area (Å²) in [6, 6.07) is 7.78. The van der Waals surface area contributed by atoms with E-state index >= 15 is 0 Å². The zero-order valence-electron chi connectivity index (χ0n) is 11.5. The Hall–Kier alpha value is -1.57. The second-order valence-corrected chi connectivity index (χ2v) is 5.92. The van der Waals surface area contributed by atoms with E-state index in [2.05, 4.69) is 27.6 Å². The first-order chi connectivity index (χ1) is 9.40. The Bertz CT molecular complexity index is 622. The molecule has 0 aliphatic carbocycles. The van der Waals surface area contributed by atoms with Gasteiger partial charge in [-0.15, -0.1) is 0 Å². The molecular formula is C14H16IN3O2. The third-order valence-corrected chi connectivity index (χ3v) is 4.03. The van der Waals surface area contributed by atoms with Crippen LogP contribution in [0.5, 0.6) is 0 Å². The lowest BCUT2D eigenvalue weighted by Crippen LogP contribution is -2.29. The maximum atomic E-state index is 11.0. The molecule has 6 heteroatoms. The Morgan fingerprint density at radius 2 is 2.00 bits per heavy atom. The Balaban J connectivity index is 2.34. The summed E-state index contributed by atoms with van der Waals surface area (Å²) in [6.45, 7) is 1.83. The van der Waals surface area contributed by atoms with Crippen molar-refractivity contribution in [2.24, 2.45) is 7.05 Å². The van der Waals surface area contributed by atoms with Crippen molar-refractivity contribution in [3.05, 3.63) is 39.9 Å². The van der Waals surface area contributed by atoms with Gasteiger partial charge in [0, 0.05) is 29.4 Å². The molecule has 0 aliphatic heterocycles. The van der Waals surface area contributed by atoms with Crippen LogP contribution in [-0.4, -0.2) is 32.7 Å². The van der Waals surface area contributed by atoms with E-state index in [0.717, 1.165) is 17.1 Å². The molecule has 1 unspecified atom stereocenters. The summed E-state index contributed by atoms with van der Waals surface area (Å²) >= 11 is 2.26. The fourth-order valence-corrected chi connectivity index (χ4v) is 2.33. The lowest BCUT2D eigenvalue weighted by molar-refractivity contribution is 0.139. The second kappa shape index (κ2) is 5.82. The highest BCUT2D eigenvalue weighted by molar-refractivity contribution is 14.1. The van der Waals surface area contributed by atoms with Crippen molar-refractivity contribution in [2.75, 3.05) is 7.05 Å².